The summed E-state index contributed by atoms with van der Waals surface area (Å²) in [5, 5.41) is 0. The zero-order valence-corrected chi connectivity index (χ0v) is 12.3. The summed E-state index contributed by atoms with van der Waals surface area (Å²) in [6, 6.07) is 9.53. The van der Waals surface area contributed by atoms with Crippen molar-refractivity contribution in [2.75, 3.05) is 0 Å². The summed E-state index contributed by atoms with van der Waals surface area (Å²) in [7, 11) is 0. The Hall–Kier alpha value is -1.84. The van der Waals surface area contributed by atoms with Gasteiger partial charge in [0.05, 0.1) is 6.04 Å². The van der Waals surface area contributed by atoms with Gasteiger partial charge in [0.2, 0.25) is 0 Å². The van der Waals surface area contributed by atoms with Gasteiger partial charge < -0.3 is 4.74 Å². The van der Waals surface area contributed by atoms with Crippen molar-refractivity contribution in [1.29, 1.82) is 0 Å². The van der Waals surface area contributed by atoms with E-state index >= 15 is 0 Å². The third kappa shape index (κ3) is 2.80. The van der Waals surface area contributed by atoms with Crippen molar-refractivity contribution in [3.8, 4) is 0 Å². The summed E-state index contributed by atoms with van der Waals surface area (Å²) in [5.41, 5.74) is 0.965. The van der Waals surface area contributed by atoms with E-state index in [1.54, 1.807) is 4.90 Å². The number of hydrogen-bond donors (Lipinski definition) is 0. The normalized spacial score (nSPS) is 28.3. The van der Waals surface area contributed by atoms with E-state index < -0.39 is 0 Å². The van der Waals surface area contributed by atoms with Crippen LogP contribution in [0.3, 0.4) is 0 Å². The zero-order chi connectivity index (χ0) is 14.8. The number of amides is 1. The zero-order valence-electron chi connectivity index (χ0n) is 12.3. The number of piperidine rings is 2. The maximum Gasteiger partial charge on any atom is 0.410 e. The second kappa shape index (κ2) is 5.88. The van der Waals surface area contributed by atoms with Crippen LogP contribution in [0.15, 0.2) is 30.3 Å². The molecule has 1 amide bonds. The highest BCUT2D eigenvalue weighted by Gasteiger charge is 2.45. The number of hydrogen-bond acceptors (Lipinski definition) is 3. The highest BCUT2D eigenvalue weighted by Crippen LogP contribution is 2.36. The average molecular weight is 287 g/mol. The molecule has 4 nitrogen and oxygen atoms in total. The van der Waals surface area contributed by atoms with E-state index in [1.807, 2.05) is 30.3 Å². The van der Waals surface area contributed by atoms with E-state index in [9.17, 15) is 9.59 Å². The molecule has 2 saturated heterocycles. The molecule has 2 bridgehead atoms. The summed E-state index contributed by atoms with van der Waals surface area (Å²) in [4.78, 5) is 26.2. The molecule has 0 aliphatic carbocycles. The first-order valence-corrected chi connectivity index (χ1v) is 7.68. The minimum atomic E-state index is -0.339. The molecule has 0 spiro atoms. The van der Waals surface area contributed by atoms with Gasteiger partial charge in [-0.2, -0.15) is 0 Å². The fourth-order valence-electron chi connectivity index (χ4n) is 3.51. The van der Waals surface area contributed by atoms with Crippen LogP contribution in [0.25, 0.3) is 0 Å². The largest absolute Gasteiger partial charge is 0.445 e. The fourth-order valence-corrected chi connectivity index (χ4v) is 3.51. The molecule has 112 valence electrons. The molecule has 4 heteroatoms. The van der Waals surface area contributed by atoms with Crippen LogP contribution < -0.4 is 0 Å². The summed E-state index contributed by atoms with van der Waals surface area (Å²) >= 11 is 0. The van der Waals surface area contributed by atoms with E-state index in [0.29, 0.717) is 12.3 Å². The van der Waals surface area contributed by atoms with Crippen LogP contribution in [-0.4, -0.2) is 28.9 Å². The fraction of sp³-hybridized carbons (Fsp3) is 0.529. The summed E-state index contributed by atoms with van der Waals surface area (Å²) in [6.07, 6.45) is 2.83. The molecule has 2 aliphatic heterocycles. The SMILES string of the molecule is C[C@H]1CC[C@H]2C(=O)CC[C@@H]1N2C(=O)OCc1ccccc1. The Morgan fingerprint density at radius 2 is 2.00 bits per heavy atom. The monoisotopic (exact) mass is 287 g/mol. The summed E-state index contributed by atoms with van der Waals surface area (Å²) in [5.74, 6) is 0.633. The number of carbonyl (C=O) groups is 2. The predicted molar refractivity (Wildman–Crippen MR) is 78.7 cm³/mol. The van der Waals surface area contributed by atoms with Crippen molar-refractivity contribution >= 4 is 11.9 Å². The summed E-state index contributed by atoms with van der Waals surface area (Å²) in [6.45, 7) is 2.42. The van der Waals surface area contributed by atoms with E-state index in [0.717, 1.165) is 24.8 Å². The molecule has 0 unspecified atom stereocenters. The molecule has 21 heavy (non-hydrogen) atoms. The molecule has 0 aromatic heterocycles. The maximum absolute atomic E-state index is 12.4. The molecule has 2 heterocycles. The molecule has 0 saturated carbocycles. The molecule has 3 atom stereocenters. The topological polar surface area (TPSA) is 46.6 Å². The molecular formula is C17H21NO3. The van der Waals surface area contributed by atoms with Crippen LogP contribution in [0.2, 0.25) is 0 Å². The number of benzene rings is 1. The van der Waals surface area contributed by atoms with Gasteiger partial charge in [0.25, 0.3) is 0 Å². The van der Waals surface area contributed by atoms with Gasteiger partial charge in [-0.25, -0.2) is 4.79 Å². The van der Waals surface area contributed by atoms with Gasteiger partial charge in [0, 0.05) is 12.5 Å². The Balaban J connectivity index is 1.69. The molecule has 1 aromatic rings. The first-order chi connectivity index (χ1) is 10.2. The molecule has 0 N–H and O–H groups in total. The molecule has 0 radical (unpaired) electrons. The van der Waals surface area contributed by atoms with Gasteiger partial charge >= 0.3 is 6.09 Å². The smallest absolute Gasteiger partial charge is 0.410 e. The highest BCUT2D eigenvalue weighted by atomic mass is 16.6. The van der Waals surface area contributed by atoms with Gasteiger partial charge in [0.15, 0.2) is 5.78 Å². The molecule has 2 fully saturated rings. The second-order valence-electron chi connectivity index (χ2n) is 6.09. The lowest BCUT2D eigenvalue weighted by Crippen LogP contribution is -2.59. The Labute approximate surface area is 125 Å². The van der Waals surface area contributed by atoms with Crippen LogP contribution >= 0.6 is 0 Å². The van der Waals surface area contributed by atoms with Crippen LogP contribution in [0, 0.1) is 5.92 Å². The first kappa shape index (κ1) is 14.1. The standard InChI is InChI=1S/C17H21NO3/c1-12-7-8-15-16(19)10-9-14(12)18(15)17(20)21-11-13-5-3-2-4-6-13/h2-6,12,14-15H,7-11H2,1H3/t12-,14-,15-/m0/s1. The minimum absolute atomic E-state index is 0.157. The van der Waals surface area contributed by atoms with Crippen molar-refractivity contribution in [2.45, 2.75) is 51.3 Å². The van der Waals surface area contributed by atoms with Crippen molar-refractivity contribution < 1.29 is 14.3 Å². The molecular weight excluding hydrogens is 266 g/mol. The molecule has 2 aliphatic rings. The van der Waals surface area contributed by atoms with Crippen molar-refractivity contribution in [3.63, 3.8) is 0 Å². The van der Waals surface area contributed by atoms with Crippen LogP contribution in [-0.2, 0) is 16.1 Å². The van der Waals surface area contributed by atoms with Gasteiger partial charge in [-0.05, 0) is 30.7 Å². The van der Waals surface area contributed by atoms with Crippen molar-refractivity contribution in [1.82, 2.24) is 4.90 Å². The highest BCUT2D eigenvalue weighted by molar-refractivity contribution is 5.89. The van der Waals surface area contributed by atoms with Gasteiger partial charge in [-0.3, -0.25) is 9.69 Å². The first-order valence-electron chi connectivity index (χ1n) is 7.68. The third-order valence-corrected chi connectivity index (χ3v) is 4.72. The van der Waals surface area contributed by atoms with Crippen LogP contribution in [0.1, 0.15) is 38.2 Å². The van der Waals surface area contributed by atoms with E-state index in [2.05, 4.69) is 6.92 Å². The van der Waals surface area contributed by atoms with Crippen LogP contribution in [0.5, 0.6) is 0 Å². The lowest BCUT2D eigenvalue weighted by atomic mass is 9.78. The lowest BCUT2D eigenvalue weighted by molar-refractivity contribution is -0.132. The number of fused-ring (bicyclic) bond motifs is 2. The predicted octanol–water partition coefficient (Wildman–Crippen LogP) is 3.16. The quantitative estimate of drug-likeness (QED) is 0.839. The maximum atomic E-state index is 12.4. The van der Waals surface area contributed by atoms with Crippen molar-refractivity contribution in [3.05, 3.63) is 35.9 Å². The van der Waals surface area contributed by atoms with Gasteiger partial charge in [-0.15, -0.1) is 0 Å². The number of rotatable bonds is 2. The Kier molecular flexibility index (Phi) is 3.95. The lowest BCUT2D eigenvalue weighted by Gasteiger charge is -2.47. The van der Waals surface area contributed by atoms with Crippen LogP contribution in [0.4, 0.5) is 4.79 Å². The number of carbonyl (C=O) groups excluding carboxylic acids is 2. The Morgan fingerprint density at radius 1 is 1.24 bits per heavy atom. The van der Waals surface area contributed by atoms with E-state index in [4.69, 9.17) is 4.74 Å². The van der Waals surface area contributed by atoms with E-state index in [1.165, 1.54) is 0 Å². The van der Waals surface area contributed by atoms with E-state index in [-0.39, 0.29) is 30.6 Å². The number of Topliss-reactive ketones (excluding diaryl/α,β-unsaturated/α-hetero) is 1. The average Bonchev–Trinajstić information content (AvgIpc) is 2.51. The van der Waals surface area contributed by atoms with Gasteiger partial charge in [-0.1, -0.05) is 37.3 Å². The Morgan fingerprint density at radius 3 is 2.76 bits per heavy atom. The second-order valence-corrected chi connectivity index (χ2v) is 6.09. The molecule has 1 aromatic carbocycles. The molecule has 3 rings (SSSR count). The van der Waals surface area contributed by atoms with Crippen molar-refractivity contribution in [2.24, 2.45) is 5.92 Å². The Bertz CT molecular complexity index is 528. The van der Waals surface area contributed by atoms with Gasteiger partial charge in [0.1, 0.15) is 6.61 Å². The number of nitrogens with zero attached hydrogens (tertiary/aromatic N) is 1. The summed E-state index contributed by atoms with van der Waals surface area (Å²) < 4.78 is 5.44. The minimum Gasteiger partial charge on any atom is -0.445 e. The number of ether oxygens (including phenoxy) is 1. The third-order valence-electron chi connectivity index (χ3n) is 4.72. The number of ketones is 1.